The number of hydrogen-bond acceptors (Lipinski definition) is 3. The van der Waals surface area contributed by atoms with Gasteiger partial charge in [-0.3, -0.25) is 9.59 Å². The van der Waals surface area contributed by atoms with Gasteiger partial charge in [0.2, 0.25) is 5.91 Å². The van der Waals surface area contributed by atoms with Gasteiger partial charge in [-0.25, -0.2) is 4.39 Å². The molecule has 34 heavy (non-hydrogen) atoms. The summed E-state index contributed by atoms with van der Waals surface area (Å²) in [6.07, 6.45) is 2.30. The van der Waals surface area contributed by atoms with Crippen molar-refractivity contribution in [3.63, 3.8) is 0 Å². The average Bonchev–Trinajstić information content (AvgIpc) is 3.36. The van der Waals surface area contributed by atoms with E-state index in [4.69, 9.17) is 4.74 Å². The first-order valence-electron chi connectivity index (χ1n) is 11.6. The summed E-state index contributed by atoms with van der Waals surface area (Å²) in [5.74, 6) is -0.554. The molecule has 1 N–H and O–H groups in total. The second kappa shape index (κ2) is 11.1. The predicted octanol–water partition coefficient (Wildman–Crippen LogP) is 4.82. The van der Waals surface area contributed by atoms with Crippen LogP contribution in [0.3, 0.4) is 0 Å². The zero-order valence-electron chi connectivity index (χ0n) is 19.3. The van der Waals surface area contributed by atoms with Crippen LogP contribution in [0.4, 0.5) is 10.1 Å². The van der Waals surface area contributed by atoms with Crippen LogP contribution in [0.15, 0.2) is 72.8 Å². The molecule has 5 nitrogen and oxygen atoms in total. The predicted molar refractivity (Wildman–Crippen MR) is 130 cm³/mol. The van der Waals surface area contributed by atoms with Crippen LogP contribution in [-0.2, 0) is 22.5 Å². The Hall–Kier alpha value is -3.51. The van der Waals surface area contributed by atoms with Gasteiger partial charge in [0, 0.05) is 24.4 Å². The molecule has 0 spiro atoms. The number of halogens is 1. The molecule has 1 saturated heterocycles. The Labute approximate surface area is 199 Å². The van der Waals surface area contributed by atoms with Gasteiger partial charge in [-0.2, -0.15) is 0 Å². The number of nitrogens with zero attached hydrogens (tertiary/aromatic N) is 1. The van der Waals surface area contributed by atoms with E-state index in [1.165, 1.54) is 12.1 Å². The first-order chi connectivity index (χ1) is 16.5. The van der Waals surface area contributed by atoms with Crippen molar-refractivity contribution in [2.24, 2.45) is 0 Å². The van der Waals surface area contributed by atoms with Gasteiger partial charge < -0.3 is 15.0 Å². The number of amides is 2. The second-order valence-electron chi connectivity index (χ2n) is 8.62. The van der Waals surface area contributed by atoms with E-state index in [2.05, 4.69) is 5.32 Å². The fraction of sp³-hybridized carbons (Fsp3) is 0.286. The highest BCUT2D eigenvalue weighted by Gasteiger charge is 2.21. The molecule has 0 aromatic heterocycles. The van der Waals surface area contributed by atoms with E-state index in [1.807, 2.05) is 49.4 Å². The smallest absolute Gasteiger partial charge is 0.258 e. The minimum absolute atomic E-state index is 0.0806. The number of benzene rings is 3. The van der Waals surface area contributed by atoms with E-state index in [0.29, 0.717) is 17.8 Å². The Kier molecular flexibility index (Phi) is 7.70. The third kappa shape index (κ3) is 6.08. The summed E-state index contributed by atoms with van der Waals surface area (Å²) in [5, 5.41) is 2.94. The van der Waals surface area contributed by atoms with Crippen LogP contribution in [0.2, 0.25) is 0 Å². The number of rotatable bonds is 8. The van der Waals surface area contributed by atoms with Gasteiger partial charge in [-0.1, -0.05) is 42.5 Å². The number of aryl methyl sites for hydroxylation is 1. The van der Waals surface area contributed by atoms with Crippen molar-refractivity contribution in [3.05, 3.63) is 101 Å². The third-order valence-electron chi connectivity index (χ3n) is 6.01. The molecule has 1 aliphatic rings. The minimum atomic E-state index is -0.323. The second-order valence-corrected chi connectivity index (χ2v) is 8.62. The van der Waals surface area contributed by atoms with E-state index < -0.39 is 0 Å². The minimum Gasteiger partial charge on any atom is -0.376 e. The van der Waals surface area contributed by atoms with E-state index in [-0.39, 0.29) is 36.7 Å². The standard InChI is InChI=1S/C28H29FN2O3/c1-20-6-2-3-10-26(20)28(33)31(19-21-11-13-23(29)14-12-21)24-8-4-7-22(16-24)17-27(32)30-18-25-9-5-15-34-25/h2-4,6-8,10-14,16,25H,5,9,15,17-19H2,1H3,(H,30,32)/t25-/m1/s1. The summed E-state index contributed by atoms with van der Waals surface area (Å²) in [4.78, 5) is 27.7. The van der Waals surface area contributed by atoms with Crippen molar-refractivity contribution in [1.82, 2.24) is 5.32 Å². The quantitative estimate of drug-likeness (QED) is 0.524. The van der Waals surface area contributed by atoms with Crippen molar-refractivity contribution in [1.29, 1.82) is 0 Å². The lowest BCUT2D eigenvalue weighted by molar-refractivity contribution is -0.120. The Morgan fingerprint density at radius 1 is 1.03 bits per heavy atom. The summed E-state index contributed by atoms with van der Waals surface area (Å²) < 4.78 is 19.0. The molecule has 1 aliphatic heterocycles. The lowest BCUT2D eigenvalue weighted by Crippen LogP contribution is -2.33. The number of carbonyl (C=O) groups excluding carboxylic acids is 2. The lowest BCUT2D eigenvalue weighted by Gasteiger charge is -2.24. The first kappa shape index (κ1) is 23.6. The van der Waals surface area contributed by atoms with Crippen molar-refractivity contribution in [3.8, 4) is 0 Å². The van der Waals surface area contributed by atoms with Crippen molar-refractivity contribution in [2.45, 2.75) is 38.8 Å². The molecule has 1 heterocycles. The summed E-state index contributed by atoms with van der Waals surface area (Å²) in [5.41, 5.74) is 3.78. The highest BCUT2D eigenvalue weighted by atomic mass is 19.1. The fourth-order valence-corrected chi connectivity index (χ4v) is 4.13. The van der Waals surface area contributed by atoms with Gasteiger partial charge in [0.05, 0.1) is 19.1 Å². The third-order valence-corrected chi connectivity index (χ3v) is 6.01. The molecular weight excluding hydrogens is 431 g/mol. The van der Waals surface area contributed by atoms with Crippen LogP contribution in [0.5, 0.6) is 0 Å². The average molecular weight is 461 g/mol. The Balaban J connectivity index is 1.55. The van der Waals surface area contributed by atoms with E-state index in [9.17, 15) is 14.0 Å². The van der Waals surface area contributed by atoms with Crippen molar-refractivity contribution in [2.75, 3.05) is 18.1 Å². The van der Waals surface area contributed by atoms with Gasteiger partial charge in [0.25, 0.3) is 5.91 Å². The van der Waals surface area contributed by atoms with Gasteiger partial charge in [0.15, 0.2) is 0 Å². The van der Waals surface area contributed by atoms with Crippen LogP contribution in [0, 0.1) is 12.7 Å². The molecule has 0 bridgehead atoms. The Bertz CT molecular complexity index is 1140. The molecule has 3 aromatic carbocycles. The zero-order valence-corrected chi connectivity index (χ0v) is 19.3. The number of carbonyl (C=O) groups is 2. The molecule has 0 saturated carbocycles. The zero-order chi connectivity index (χ0) is 23.9. The molecule has 2 amide bonds. The molecular formula is C28H29FN2O3. The first-order valence-corrected chi connectivity index (χ1v) is 11.6. The topological polar surface area (TPSA) is 58.6 Å². The highest BCUT2D eigenvalue weighted by molar-refractivity contribution is 6.07. The van der Waals surface area contributed by atoms with Crippen LogP contribution in [-0.4, -0.2) is 31.1 Å². The normalized spacial score (nSPS) is 15.2. The summed E-state index contributed by atoms with van der Waals surface area (Å²) in [6, 6.07) is 21.0. The van der Waals surface area contributed by atoms with Gasteiger partial charge >= 0.3 is 0 Å². The molecule has 1 atom stereocenters. The molecule has 0 unspecified atom stereocenters. The van der Waals surface area contributed by atoms with Crippen LogP contribution >= 0.6 is 0 Å². The van der Waals surface area contributed by atoms with Crippen molar-refractivity contribution >= 4 is 17.5 Å². The van der Waals surface area contributed by atoms with E-state index >= 15 is 0 Å². The largest absolute Gasteiger partial charge is 0.376 e. The monoisotopic (exact) mass is 460 g/mol. The SMILES string of the molecule is Cc1ccccc1C(=O)N(Cc1ccc(F)cc1)c1cccc(CC(=O)NC[C@H]2CCCO2)c1. The summed E-state index contributed by atoms with van der Waals surface area (Å²) in [6.45, 7) is 3.45. The number of hydrogen-bond donors (Lipinski definition) is 1. The van der Waals surface area contributed by atoms with E-state index in [1.54, 1.807) is 23.1 Å². The molecule has 6 heteroatoms. The summed E-state index contributed by atoms with van der Waals surface area (Å²) >= 11 is 0. The van der Waals surface area contributed by atoms with Crippen LogP contribution in [0.25, 0.3) is 0 Å². The van der Waals surface area contributed by atoms with Crippen LogP contribution < -0.4 is 10.2 Å². The Morgan fingerprint density at radius 2 is 1.82 bits per heavy atom. The molecule has 0 aliphatic carbocycles. The number of ether oxygens (including phenoxy) is 1. The molecule has 176 valence electrons. The summed E-state index contributed by atoms with van der Waals surface area (Å²) in [7, 11) is 0. The highest BCUT2D eigenvalue weighted by Crippen LogP contribution is 2.23. The van der Waals surface area contributed by atoms with Crippen molar-refractivity contribution < 1.29 is 18.7 Å². The van der Waals surface area contributed by atoms with Gasteiger partial charge in [0.1, 0.15) is 5.82 Å². The maximum absolute atomic E-state index is 13.6. The van der Waals surface area contributed by atoms with Gasteiger partial charge in [-0.05, 0) is 66.8 Å². The van der Waals surface area contributed by atoms with Crippen LogP contribution in [0.1, 0.15) is 39.9 Å². The number of anilines is 1. The maximum Gasteiger partial charge on any atom is 0.258 e. The van der Waals surface area contributed by atoms with E-state index in [0.717, 1.165) is 36.1 Å². The molecule has 1 fully saturated rings. The molecule has 0 radical (unpaired) electrons. The number of nitrogens with one attached hydrogen (secondary N) is 1. The molecule has 4 rings (SSSR count). The maximum atomic E-state index is 13.6. The van der Waals surface area contributed by atoms with Gasteiger partial charge in [-0.15, -0.1) is 0 Å². The fourth-order valence-electron chi connectivity index (χ4n) is 4.13. The Morgan fingerprint density at radius 3 is 2.56 bits per heavy atom. The lowest BCUT2D eigenvalue weighted by atomic mass is 10.1. The molecule has 3 aromatic rings.